The maximum Gasteiger partial charge on any atom is 0.163 e. The van der Waals surface area contributed by atoms with Gasteiger partial charge < -0.3 is 10.2 Å². The average molecular weight is 245 g/mol. The number of alkyl halides is 1. The van der Waals surface area contributed by atoms with Gasteiger partial charge in [0.1, 0.15) is 11.5 Å². The number of rotatable bonds is 3. The van der Waals surface area contributed by atoms with Crippen LogP contribution in [0.25, 0.3) is 0 Å². The molecule has 0 amide bonds. The number of ketones is 1. The van der Waals surface area contributed by atoms with Crippen molar-refractivity contribution in [1.29, 1.82) is 0 Å². The molecular weight excluding hydrogens is 236 g/mol. The van der Waals surface area contributed by atoms with E-state index in [1.165, 1.54) is 18.2 Å². The normalized spacial score (nSPS) is 9.92. The average Bonchev–Trinajstić information content (AvgIpc) is 2.03. The lowest BCUT2D eigenvalue weighted by Gasteiger charge is -2.00. The lowest BCUT2D eigenvalue weighted by molar-refractivity contribution is 0.0989. The lowest BCUT2D eigenvalue weighted by Crippen LogP contribution is -1.98. The molecule has 0 saturated heterocycles. The van der Waals surface area contributed by atoms with E-state index >= 15 is 0 Å². The van der Waals surface area contributed by atoms with Crippen LogP contribution in [0.5, 0.6) is 11.5 Å². The van der Waals surface area contributed by atoms with Crippen LogP contribution in [0.3, 0.4) is 0 Å². The fraction of sp³-hybridized carbons (Fsp3) is 0.222. The lowest BCUT2D eigenvalue weighted by atomic mass is 10.1. The molecule has 3 nitrogen and oxygen atoms in total. The molecule has 70 valence electrons. The summed E-state index contributed by atoms with van der Waals surface area (Å²) < 4.78 is 0. The van der Waals surface area contributed by atoms with Crippen LogP contribution in [0, 0.1) is 0 Å². The van der Waals surface area contributed by atoms with Crippen LogP contribution in [-0.2, 0) is 0 Å². The third-order valence-corrected chi connectivity index (χ3v) is 1.94. The zero-order chi connectivity index (χ0) is 9.84. The molecule has 0 aliphatic rings. The number of aromatic hydroxyl groups is 2. The van der Waals surface area contributed by atoms with E-state index in [-0.39, 0.29) is 17.3 Å². The van der Waals surface area contributed by atoms with Gasteiger partial charge in [0, 0.05) is 23.4 Å². The number of phenols is 2. The zero-order valence-corrected chi connectivity index (χ0v) is 8.41. The van der Waals surface area contributed by atoms with E-state index in [2.05, 4.69) is 15.9 Å². The molecule has 0 saturated carbocycles. The van der Waals surface area contributed by atoms with Crippen molar-refractivity contribution >= 4 is 21.7 Å². The summed E-state index contributed by atoms with van der Waals surface area (Å²) in [5, 5.41) is 18.7. The van der Waals surface area contributed by atoms with E-state index in [0.717, 1.165) is 0 Å². The second kappa shape index (κ2) is 4.28. The van der Waals surface area contributed by atoms with Gasteiger partial charge in [0.15, 0.2) is 5.78 Å². The van der Waals surface area contributed by atoms with Crippen LogP contribution in [0.15, 0.2) is 18.2 Å². The largest absolute Gasteiger partial charge is 0.508 e. The van der Waals surface area contributed by atoms with Crippen molar-refractivity contribution in [3.63, 3.8) is 0 Å². The number of carbonyl (C=O) groups is 1. The van der Waals surface area contributed by atoms with Gasteiger partial charge in [-0.15, -0.1) is 0 Å². The van der Waals surface area contributed by atoms with Crippen molar-refractivity contribution < 1.29 is 15.0 Å². The van der Waals surface area contributed by atoms with Gasteiger partial charge in [-0.05, 0) is 12.1 Å². The Morgan fingerprint density at radius 1 is 1.23 bits per heavy atom. The van der Waals surface area contributed by atoms with Crippen LogP contribution in [-0.4, -0.2) is 21.3 Å². The highest BCUT2D eigenvalue weighted by Gasteiger charge is 2.07. The summed E-state index contributed by atoms with van der Waals surface area (Å²) in [6, 6.07) is 3.86. The van der Waals surface area contributed by atoms with Gasteiger partial charge in [-0.25, -0.2) is 0 Å². The molecule has 1 rings (SSSR count). The summed E-state index contributed by atoms with van der Waals surface area (Å²) in [5.74, 6) is -0.307. The Labute approximate surface area is 84.1 Å². The number of Topliss-reactive ketones (excluding diaryl/α,β-unsaturated/α-hetero) is 1. The van der Waals surface area contributed by atoms with Crippen molar-refractivity contribution in [2.24, 2.45) is 0 Å². The predicted molar refractivity (Wildman–Crippen MR) is 52.5 cm³/mol. The van der Waals surface area contributed by atoms with E-state index < -0.39 is 0 Å². The molecule has 0 heterocycles. The Balaban J connectivity index is 2.94. The molecule has 0 atom stereocenters. The van der Waals surface area contributed by atoms with Crippen molar-refractivity contribution in [3.05, 3.63) is 23.8 Å². The third-order valence-electron chi connectivity index (χ3n) is 1.55. The number of carbonyl (C=O) groups excluding carboxylic acids is 1. The highest BCUT2D eigenvalue weighted by molar-refractivity contribution is 9.09. The molecule has 0 radical (unpaired) electrons. The van der Waals surface area contributed by atoms with E-state index in [1.54, 1.807) is 0 Å². The first kappa shape index (κ1) is 10.1. The topological polar surface area (TPSA) is 57.5 Å². The minimum Gasteiger partial charge on any atom is -0.508 e. The highest BCUT2D eigenvalue weighted by Crippen LogP contribution is 2.21. The van der Waals surface area contributed by atoms with Gasteiger partial charge in [-0.2, -0.15) is 0 Å². The zero-order valence-electron chi connectivity index (χ0n) is 6.83. The Morgan fingerprint density at radius 3 is 2.23 bits per heavy atom. The minimum atomic E-state index is -0.108. The van der Waals surface area contributed by atoms with Gasteiger partial charge in [-0.3, -0.25) is 4.79 Å². The highest BCUT2D eigenvalue weighted by atomic mass is 79.9. The van der Waals surface area contributed by atoms with Gasteiger partial charge in [0.2, 0.25) is 0 Å². The summed E-state index contributed by atoms with van der Waals surface area (Å²) in [4.78, 5) is 11.3. The molecule has 0 spiro atoms. The number of phenolic OH excluding ortho intramolecular Hbond substituents is 2. The van der Waals surface area contributed by atoms with Gasteiger partial charge >= 0.3 is 0 Å². The fourth-order valence-corrected chi connectivity index (χ4v) is 1.35. The van der Waals surface area contributed by atoms with Crippen molar-refractivity contribution in [1.82, 2.24) is 0 Å². The summed E-state index contributed by atoms with van der Waals surface area (Å²) in [6.45, 7) is 0. The first-order valence-corrected chi connectivity index (χ1v) is 4.88. The van der Waals surface area contributed by atoms with E-state index in [9.17, 15) is 4.79 Å². The van der Waals surface area contributed by atoms with Crippen molar-refractivity contribution in [3.8, 4) is 11.5 Å². The summed E-state index contributed by atoms with van der Waals surface area (Å²) in [7, 11) is 0. The molecule has 0 aliphatic carbocycles. The second-order valence-electron chi connectivity index (χ2n) is 2.60. The SMILES string of the molecule is O=C(CCBr)c1cc(O)cc(O)c1. The fourth-order valence-electron chi connectivity index (χ4n) is 0.986. The quantitative estimate of drug-likeness (QED) is 0.633. The standard InChI is InChI=1S/C9H9BrO3/c10-2-1-9(13)6-3-7(11)5-8(12)4-6/h3-5,11-12H,1-2H2. The maximum absolute atomic E-state index is 11.3. The van der Waals surface area contributed by atoms with Crippen molar-refractivity contribution in [2.75, 3.05) is 5.33 Å². The van der Waals surface area contributed by atoms with Crippen LogP contribution < -0.4 is 0 Å². The molecule has 0 aromatic heterocycles. The van der Waals surface area contributed by atoms with Gasteiger partial charge in [-0.1, -0.05) is 15.9 Å². The van der Waals surface area contributed by atoms with Crippen molar-refractivity contribution in [2.45, 2.75) is 6.42 Å². The minimum absolute atomic E-state index is 0.0991. The smallest absolute Gasteiger partial charge is 0.163 e. The molecule has 0 bridgehead atoms. The number of benzene rings is 1. The Morgan fingerprint density at radius 2 is 1.77 bits per heavy atom. The van der Waals surface area contributed by atoms with E-state index in [4.69, 9.17) is 10.2 Å². The number of halogens is 1. The van der Waals surface area contributed by atoms with Gasteiger partial charge in [0.25, 0.3) is 0 Å². The first-order valence-electron chi connectivity index (χ1n) is 3.75. The van der Waals surface area contributed by atoms with Crippen LogP contribution in [0.4, 0.5) is 0 Å². The van der Waals surface area contributed by atoms with E-state index in [0.29, 0.717) is 17.3 Å². The van der Waals surface area contributed by atoms with Gasteiger partial charge in [0.05, 0.1) is 0 Å². The van der Waals surface area contributed by atoms with Crippen LogP contribution in [0.2, 0.25) is 0 Å². The Kier molecular flexibility index (Phi) is 3.31. The van der Waals surface area contributed by atoms with Crippen LogP contribution >= 0.6 is 15.9 Å². The molecule has 0 fully saturated rings. The Bertz CT molecular complexity index is 302. The van der Waals surface area contributed by atoms with Crippen LogP contribution in [0.1, 0.15) is 16.8 Å². The maximum atomic E-state index is 11.3. The first-order chi connectivity index (χ1) is 6.13. The summed E-state index contributed by atoms with van der Waals surface area (Å²) >= 11 is 3.14. The molecule has 2 N–H and O–H groups in total. The number of hydrogen-bond acceptors (Lipinski definition) is 3. The molecule has 0 aliphatic heterocycles. The summed E-state index contributed by atoms with van der Waals surface area (Å²) in [6.07, 6.45) is 0.350. The molecule has 1 aromatic carbocycles. The predicted octanol–water partition coefficient (Wildman–Crippen LogP) is 2.07. The number of hydrogen-bond donors (Lipinski definition) is 2. The molecular formula is C9H9BrO3. The molecule has 13 heavy (non-hydrogen) atoms. The second-order valence-corrected chi connectivity index (χ2v) is 3.39. The monoisotopic (exact) mass is 244 g/mol. The third kappa shape index (κ3) is 2.73. The molecule has 4 heteroatoms. The molecule has 1 aromatic rings. The summed E-state index contributed by atoms with van der Waals surface area (Å²) in [5.41, 5.74) is 0.331. The molecule has 0 unspecified atom stereocenters. The Hall–Kier alpha value is -1.03. The van der Waals surface area contributed by atoms with E-state index in [1.807, 2.05) is 0 Å².